The van der Waals surface area contributed by atoms with E-state index in [0.29, 0.717) is 16.9 Å². The van der Waals surface area contributed by atoms with Crippen molar-refractivity contribution in [2.45, 2.75) is 19.3 Å². The van der Waals surface area contributed by atoms with Crippen LogP contribution < -0.4 is 4.74 Å². The van der Waals surface area contributed by atoms with Crippen LogP contribution in [0, 0.1) is 28.1 Å². The molecule has 0 N–H and O–H groups in total. The number of rotatable bonds is 9. The average Bonchev–Trinajstić information content (AvgIpc) is 2.92. The fourth-order valence-electron chi connectivity index (χ4n) is 4.30. The lowest BCUT2D eigenvalue weighted by Crippen LogP contribution is -2.47. The zero-order valence-corrected chi connectivity index (χ0v) is 20.2. The van der Waals surface area contributed by atoms with Crippen LogP contribution in [0.5, 0.6) is 5.75 Å². The van der Waals surface area contributed by atoms with Crippen LogP contribution in [0.4, 0.5) is 0 Å². The molecule has 0 bridgehead atoms. The van der Waals surface area contributed by atoms with E-state index in [1.807, 2.05) is 36.4 Å². The van der Waals surface area contributed by atoms with Crippen molar-refractivity contribution in [3.05, 3.63) is 83.7 Å². The van der Waals surface area contributed by atoms with Crippen molar-refractivity contribution in [2.75, 3.05) is 20.8 Å². The molecule has 1 aromatic heterocycles. The maximum atomic E-state index is 13.5. The highest BCUT2D eigenvalue weighted by Crippen LogP contribution is 2.47. The Bertz CT molecular complexity index is 1330. The average molecular weight is 484 g/mol. The molecule has 182 valence electrons. The third-order valence-electron chi connectivity index (χ3n) is 5.92. The topological polar surface area (TPSA) is 122 Å². The molecule has 2 aromatic carbocycles. The van der Waals surface area contributed by atoms with E-state index < -0.39 is 29.7 Å². The van der Waals surface area contributed by atoms with Gasteiger partial charge < -0.3 is 14.2 Å². The Morgan fingerprint density at radius 1 is 1.03 bits per heavy atom. The van der Waals surface area contributed by atoms with Gasteiger partial charge in [0, 0.05) is 11.8 Å². The molecule has 0 aliphatic carbocycles. The highest BCUT2D eigenvalue weighted by molar-refractivity contribution is 6.02. The van der Waals surface area contributed by atoms with Crippen molar-refractivity contribution >= 4 is 11.9 Å². The summed E-state index contributed by atoms with van der Waals surface area (Å²) in [5, 5.41) is 20.1. The van der Waals surface area contributed by atoms with Crippen molar-refractivity contribution in [3.63, 3.8) is 0 Å². The van der Waals surface area contributed by atoms with Crippen LogP contribution in [0.25, 0.3) is 11.1 Å². The summed E-state index contributed by atoms with van der Waals surface area (Å²) in [4.78, 5) is 31.4. The van der Waals surface area contributed by atoms with Gasteiger partial charge in [0.05, 0.1) is 50.5 Å². The van der Waals surface area contributed by atoms with E-state index in [1.165, 1.54) is 13.3 Å². The van der Waals surface area contributed by atoms with Crippen molar-refractivity contribution < 1.29 is 23.8 Å². The Balaban J connectivity index is 2.46. The van der Waals surface area contributed by atoms with Crippen LogP contribution >= 0.6 is 0 Å². The Labute approximate surface area is 209 Å². The summed E-state index contributed by atoms with van der Waals surface area (Å²) in [7, 11) is 2.62. The Kier molecular flexibility index (Phi) is 8.38. The van der Waals surface area contributed by atoms with Gasteiger partial charge in [0.1, 0.15) is 11.8 Å². The second-order valence-electron chi connectivity index (χ2n) is 7.82. The van der Waals surface area contributed by atoms with Gasteiger partial charge in [-0.3, -0.25) is 14.6 Å². The normalized spacial score (nSPS) is 12.8. The van der Waals surface area contributed by atoms with E-state index in [9.17, 15) is 20.1 Å². The lowest BCUT2D eigenvalue weighted by molar-refractivity contribution is -0.171. The van der Waals surface area contributed by atoms with E-state index in [0.717, 1.165) is 12.7 Å². The molecule has 3 rings (SSSR count). The van der Waals surface area contributed by atoms with Gasteiger partial charge in [0.25, 0.3) is 0 Å². The fourth-order valence-corrected chi connectivity index (χ4v) is 4.30. The lowest BCUT2D eigenvalue weighted by atomic mass is 9.67. The van der Waals surface area contributed by atoms with Gasteiger partial charge in [-0.25, -0.2) is 0 Å². The molecular weight excluding hydrogens is 458 g/mol. The number of benzene rings is 2. The molecule has 0 amide bonds. The number of esters is 2. The Morgan fingerprint density at radius 3 is 2.39 bits per heavy atom. The van der Waals surface area contributed by atoms with Gasteiger partial charge in [-0.1, -0.05) is 42.5 Å². The monoisotopic (exact) mass is 483 g/mol. The fraction of sp³-hybridized carbons (Fsp3) is 0.250. The van der Waals surface area contributed by atoms with Gasteiger partial charge in [-0.05, 0) is 36.2 Å². The second-order valence-corrected chi connectivity index (χ2v) is 7.82. The van der Waals surface area contributed by atoms with E-state index in [1.54, 1.807) is 37.3 Å². The molecule has 0 spiro atoms. The van der Waals surface area contributed by atoms with E-state index >= 15 is 0 Å². The number of pyridine rings is 1. The van der Waals surface area contributed by atoms with Crippen molar-refractivity contribution in [1.82, 2.24) is 4.98 Å². The standard InChI is InChI=1S/C28H25N3O5/c1-4-36-27(33)28(14-15-29,26(32)35-3)24(20-11-8-12-21(17-20)34-2)25-23(18-30)22(13-16-31-25)19-9-6-5-7-10-19/h5-13,16-17,24H,4,14H2,1-3H3. The van der Waals surface area contributed by atoms with Gasteiger partial charge in [-0.15, -0.1) is 0 Å². The molecule has 2 atom stereocenters. The first-order valence-corrected chi connectivity index (χ1v) is 11.2. The number of aromatic nitrogens is 1. The second kappa shape index (κ2) is 11.6. The quantitative estimate of drug-likeness (QED) is 0.324. The third-order valence-corrected chi connectivity index (χ3v) is 5.92. The number of methoxy groups -OCH3 is 2. The molecule has 3 aromatic rings. The summed E-state index contributed by atoms with van der Waals surface area (Å²) in [5.41, 5.74) is -0.0948. The summed E-state index contributed by atoms with van der Waals surface area (Å²) >= 11 is 0. The first kappa shape index (κ1) is 25.9. The molecule has 8 heteroatoms. The van der Waals surface area contributed by atoms with Crippen LogP contribution in [-0.2, 0) is 19.1 Å². The molecular formula is C28H25N3O5. The molecule has 0 saturated carbocycles. The maximum Gasteiger partial charge on any atom is 0.325 e. The van der Waals surface area contributed by atoms with E-state index in [2.05, 4.69) is 11.1 Å². The van der Waals surface area contributed by atoms with Crippen molar-refractivity contribution in [3.8, 4) is 29.0 Å². The number of nitriles is 2. The Morgan fingerprint density at radius 2 is 1.78 bits per heavy atom. The summed E-state index contributed by atoms with van der Waals surface area (Å²) in [6, 6.07) is 21.8. The smallest absolute Gasteiger partial charge is 0.325 e. The van der Waals surface area contributed by atoms with Crippen LogP contribution in [-0.4, -0.2) is 37.7 Å². The minimum absolute atomic E-state index is 0.0313. The molecule has 8 nitrogen and oxygen atoms in total. The molecule has 0 aliphatic heterocycles. The van der Waals surface area contributed by atoms with Gasteiger partial charge >= 0.3 is 11.9 Å². The minimum atomic E-state index is -2.14. The molecule has 0 saturated heterocycles. The highest BCUT2D eigenvalue weighted by Gasteiger charge is 2.57. The molecule has 1 heterocycles. The number of hydrogen-bond donors (Lipinski definition) is 0. The molecule has 36 heavy (non-hydrogen) atoms. The SMILES string of the molecule is CCOC(=O)C(CC#N)(C(=O)OC)C(c1cccc(OC)c1)c1nccc(-c2ccccc2)c1C#N. The summed E-state index contributed by atoms with van der Waals surface area (Å²) in [6.45, 7) is 1.57. The molecule has 0 fully saturated rings. The summed E-state index contributed by atoms with van der Waals surface area (Å²) < 4.78 is 15.8. The van der Waals surface area contributed by atoms with Crippen LogP contribution in [0.15, 0.2) is 66.9 Å². The predicted molar refractivity (Wildman–Crippen MR) is 131 cm³/mol. The zero-order chi connectivity index (χ0) is 26.1. The van der Waals surface area contributed by atoms with Crippen molar-refractivity contribution in [1.29, 1.82) is 10.5 Å². The van der Waals surface area contributed by atoms with Crippen LogP contribution in [0.3, 0.4) is 0 Å². The zero-order valence-electron chi connectivity index (χ0n) is 20.2. The number of carbonyl (C=O) groups excluding carboxylic acids is 2. The molecule has 0 radical (unpaired) electrons. The summed E-state index contributed by atoms with van der Waals surface area (Å²) in [6.07, 6.45) is 0.938. The molecule has 2 unspecified atom stereocenters. The van der Waals surface area contributed by atoms with Crippen LogP contribution in [0.1, 0.15) is 36.1 Å². The van der Waals surface area contributed by atoms with E-state index in [4.69, 9.17) is 14.2 Å². The Hall–Kier alpha value is -4.69. The predicted octanol–water partition coefficient (Wildman–Crippen LogP) is 4.40. The minimum Gasteiger partial charge on any atom is -0.497 e. The maximum absolute atomic E-state index is 13.5. The number of carbonyl (C=O) groups is 2. The highest BCUT2D eigenvalue weighted by atomic mass is 16.6. The first-order valence-electron chi connectivity index (χ1n) is 11.2. The third kappa shape index (κ3) is 4.75. The lowest BCUT2D eigenvalue weighted by Gasteiger charge is -2.35. The van der Waals surface area contributed by atoms with Gasteiger partial charge in [0.2, 0.25) is 0 Å². The van der Waals surface area contributed by atoms with Crippen LogP contribution in [0.2, 0.25) is 0 Å². The number of ether oxygens (including phenoxy) is 3. The summed E-state index contributed by atoms with van der Waals surface area (Å²) in [5.74, 6) is -2.65. The number of hydrogen-bond acceptors (Lipinski definition) is 8. The van der Waals surface area contributed by atoms with Gasteiger partial charge in [0.15, 0.2) is 5.41 Å². The van der Waals surface area contributed by atoms with E-state index in [-0.39, 0.29) is 17.9 Å². The van der Waals surface area contributed by atoms with Gasteiger partial charge in [-0.2, -0.15) is 10.5 Å². The largest absolute Gasteiger partial charge is 0.497 e. The van der Waals surface area contributed by atoms with Crippen molar-refractivity contribution in [2.24, 2.45) is 5.41 Å². The first-order chi connectivity index (χ1) is 17.5. The molecule has 0 aliphatic rings. The number of nitrogens with zero attached hydrogens (tertiary/aromatic N) is 3.